The van der Waals surface area contributed by atoms with Crippen molar-refractivity contribution in [1.29, 1.82) is 0 Å². The minimum atomic E-state index is 0.0109. The number of carbonyl (C=O) groups excluding carboxylic acids is 1. The van der Waals surface area contributed by atoms with Crippen LogP contribution in [0.4, 0.5) is 0 Å². The van der Waals surface area contributed by atoms with Crippen LogP contribution in [0, 0.1) is 34.5 Å². The van der Waals surface area contributed by atoms with Crippen LogP contribution in [-0.2, 0) is 4.79 Å². The number of allylic oxidation sites excluding steroid dienone is 2. The highest BCUT2D eigenvalue weighted by Crippen LogP contribution is 2.65. The van der Waals surface area contributed by atoms with Gasteiger partial charge in [-0.15, -0.1) is 0 Å². The molecule has 0 spiro atoms. The van der Waals surface area contributed by atoms with Gasteiger partial charge in [0.1, 0.15) is 5.78 Å². The van der Waals surface area contributed by atoms with Crippen LogP contribution in [0.15, 0.2) is 11.6 Å². The average Bonchev–Trinajstić information content (AvgIpc) is 2.68. The molecule has 0 N–H and O–H groups in total. The third-order valence-electron chi connectivity index (χ3n) is 8.03. The molecule has 0 aromatic carbocycles. The standard InChI is InChI=1S/C20H30O/c1-13-12-17(21)20(3)11-9-16-15(18(13)20)8-7-14-6-4-5-10-19(14,16)2/h7,13,15-16,18H,4-6,8-12H2,1-3H3/t13-,15-,16+,18+,19+,20-/m1/s1. The molecule has 4 aliphatic carbocycles. The summed E-state index contributed by atoms with van der Waals surface area (Å²) in [7, 11) is 0. The van der Waals surface area contributed by atoms with Crippen LogP contribution in [0.2, 0.25) is 0 Å². The molecular weight excluding hydrogens is 256 g/mol. The number of carbonyl (C=O) groups is 1. The number of fused-ring (bicyclic) bond motifs is 5. The molecule has 0 bridgehead atoms. The lowest BCUT2D eigenvalue weighted by molar-refractivity contribution is -0.132. The number of hydrogen-bond acceptors (Lipinski definition) is 1. The first-order chi connectivity index (χ1) is 9.97. The zero-order chi connectivity index (χ0) is 14.8. The van der Waals surface area contributed by atoms with Gasteiger partial charge in [0.25, 0.3) is 0 Å². The second kappa shape index (κ2) is 4.46. The van der Waals surface area contributed by atoms with Crippen molar-refractivity contribution in [3.63, 3.8) is 0 Å². The summed E-state index contributed by atoms with van der Waals surface area (Å²) in [6.45, 7) is 7.19. The lowest BCUT2D eigenvalue weighted by Crippen LogP contribution is -2.50. The molecule has 6 atom stereocenters. The van der Waals surface area contributed by atoms with Gasteiger partial charge >= 0.3 is 0 Å². The Morgan fingerprint density at radius 3 is 2.76 bits per heavy atom. The molecule has 1 heteroatoms. The van der Waals surface area contributed by atoms with Crippen LogP contribution in [0.5, 0.6) is 0 Å². The summed E-state index contributed by atoms with van der Waals surface area (Å²) in [5.41, 5.74) is 2.25. The fraction of sp³-hybridized carbons (Fsp3) is 0.850. The molecule has 0 unspecified atom stereocenters. The van der Waals surface area contributed by atoms with Crippen molar-refractivity contribution in [1.82, 2.24) is 0 Å². The number of ketones is 1. The Bertz CT molecular complexity index is 504. The minimum Gasteiger partial charge on any atom is -0.299 e. The van der Waals surface area contributed by atoms with Gasteiger partial charge < -0.3 is 0 Å². The molecule has 0 saturated heterocycles. The SMILES string of the molecule is C[C@@H]1CC(=O)[C@@]2(C)CC[C@H]3[C@@H](CC=C4CCCC[C@@]43C)[C@H]12. The third-order valence-corrected chi connectivity index (χ3v) is 8.03. The summed E-state index contributed by atoms with van der Waals surface area (Å²) in [4.78, 5) is 12.6. The minimum absolute atomic E-state index is 0.0109. The summed E-state index contributed by atoms with van der Waals surface area (Å²) >= 11 is 0. The highest BCUT2D eigenvalue weighted by molar-refractivity contribution is 5.87. The zero-order valence-electron chi connectivity index (χ0n) is 14.0. The Balaban J connectivity index is 1.74. The predicted molar refractivity (Wildman–Crippen MR) is 85.9 cm³/mol. The van der Waals surface area contributed by atoms with Gasteiger partial charge in [-0.3, -0.25) is 4.79 Å². The number of Topliss-reactive ketones (excluding diaryl/α,β-unsaturated/α-hetero) is 1. The summed E-state index contributed by atoms with van der Waals surface area (Å²) in [6.07, 6.45) is 12.7. The second-order valence-corrected chi connectivity index (χ2v) is 8.95. The van der Waals surface area contributed by atoms with Gasteiger partial charge in [0.15, 0.2) is 0 Å². The van der Waals surface area contributed by atoms with E-state index in [2.05, 4.69) is 26.8 Å². The van der Waals surface area contributed by atoms with Gasteiger partial charge in [0.05, 0.1) is 0 Å². The molecule has 0 aromatic heterocycles. The van der Waals surface area contributed by atoms with Crippen molar-refractivity contribution in [2.45, 2.75) is 72.1 Å². The van der Waals surface area contributed by atoms with Gasteiger partial charge in [-0.1, -0.05) is 38.8 Å². The van der Waals surface area contributed by atoms with E-state index in [-0.39, 0.29) is 5.41 Å². The number of hydrogen-bond donors (Lipinski definition) is 0. The lowest BCUT2D eigenvalue weighted by atomic mass is 9.47. The Kier molecular flexibility index (Phi) is 2.98. The van der Waals surface area contributed by atoms with E-state index in [1.165, 1.54) is 38.5 Å². The topological polar surface area (TPSA) is 17.1 Å². The largest absolute Gasteiger partial charge is 0.299 e. The third kappa shape index (κ3) is 1.72. The Morgan fingerprint density at radius 2 is 1.95 bits per heavy atom. The van der Waals surface area contributed by atoms with E-state index in [0.29, 0.717) is 23.0 Å². The maximum atomic E-state index is 12.6. The molecule has 3 fully saturated rings. The highest BCUT2D eigenvalue weighted by Gasteiger charge is 2.60. The first kappa shape index (κ1) is 14.0. The fourth-order valence-corrected chi connectivity index (χ4v) is 6.98. The second-order valence-electron chi connectivity index (χ2n) is 8.95. The molecule has 0 amide bonds. The molecule has 4 rings (SSSR count). The normalized spacial score (nSPS) is 52.7. The van der Waals surface area contributed by atoms with Crippen LogP contribution >= 0.6 is 0 Å². The van der Waals surface area contributed by atoms with Crippen molar-refractivity contribution in [2.75, 3.05) is 0 Å². The van der Waals surface area contributed by atoms with Crippen LogP contribution in [0.3, 0.4) is 0 Å². The van der Waals surface area contributed by atoms with Crippen molar-refractivity contribution >= 4 is 5.78 Å². The summed E-state index contributed by atoms with van der Waals surface area (Å²) < 4.78 is 0. The van der Waals surface area contributed by atoms with Gasteiger partial charge in [-0.25, -0.2) is 0 Å². The molecule has 0 radical (unpaired) electrons. The molecule has 3 saturated carbocycles. The smallest absolute Gasteiger partial charge is 0.139 e. The predicted octanol–water partition coefficient (Wildman–Crippen LogP) is 5.15. The van der Waals surface area contributed by atoms with Gasteiger partial charge in [-0.2, -0.15) is 0 Å². The van der Waals surface area contributed by atoms with E-state index in [4.69, 9.17) is 0 Å². The van der Waals surface area contributed by atoms with E-state index in [0.717, 1.165) is 24.7 Å². The van der Waals surface area contributed by atoms with Crippen LogP contribution in [0.1, 0.15) is 72.1 Å². The summed E-state index contributed by atoms with van der Waals surface area (Å²) in [5, 5.41) is 0. The molecule has 21 heavy (non-hydrogen) atoms. The molecule has 0 heterocycles. The Morgan fingerprint density at radius 1 is 1.14 bits per heavy atom. The van der Waals surface area contributed by atoms with Crippen LogP contribution in [-0.4, -0.2) is 5.78 Å². The average molecular weight is 286 g/mol. The van der Waals surface area contributed by atoms with Gasteiger partial charge in [-0.05, 0) is 67.6 Å². The summed E-state index contributed by atoms with van der Waals surface area (Å²) in [6, 6.07) is 0. The van der Waals surface area contributed by atoms with Crippen molar-refractivity contribution in [3.05, 3.63) is 11.6 Å². The van der Waals surface area contributed by atoms with E-state index >= 15 is 0 Å². The van der Waals surface area contributed by atoms with E-state index in [1.807, 2.05) is 0 Å². The highest BCUT2D eigenvalue weighted by atomic mass is 16.1. The maximum absolute atomic E-state index is 12.6. The van der Waals surface area contributed by atoms with Crippen LogP contribution < -0.4 is 0 Å². The van der Waals surface area contributed by atoms with E-state index < -0.39 is 0 Å². The number of rotatable bonds is 0. The molecule has 0 aromatic rings. The van der Waals surface area contributed by atoms with E-state index in [9.17, 15) is 4.79 Å². The van der Waals surface area contributed by atoms with Crippen molar-refractivity contribution in [3.8, 4) is 0 Å². The Labute approximate surface area is 129 Å². The first-order valence-electron chi connectivity index (χ1n) is 9.19. The lowest BCUT2D eigenvalue weighted by Gasteiger charge is -2.57. The van der Waals surface area contributed by atoms with E-state index in [1.54, 1.807) is 5.57 Å². The molecule has 1 nitrogen and oxygen atoms in total. The fourth-order valence-electron chi connectivity index (χ4n) is 6.98. The van der Waals surface area contributed by atoms with Crippen molar-refractivity contribution < 1.29 is 4.79 Å². The van der Waals surface area contributed by atoms with Gasteiger partial charge in [0, 0.05) is 11.8 Å². The zero-order valence-corrected chi connectivity index (χ0v) is 14.0. The van der Waals surface area contributed by atoms with Gasteiger partial charge in [0.2, 0.25) is 0 Å². The maximum Gasteiger partial charge on any atom is 0.139 e. The molecule has 116 valence electrons. The summed E-state index contributed by atoms with van der Waals surface area (Å²) in [5.74, 6) is 3.46. The molecule has 4 aliphatic rings. The molecule has 0 aliphatic heterocycles. The first-order valence-corrected chi connectivity index (χ1v) is 9.19. The van der Waals surface area contributed by atoms with Crippen LogP contribution in [0.25, 0.3) is 0 Å². The molecular formula is C20H30O. The Hall–Kier alpha value is -0.590. The monoisotopic (exact) mass is 286 g/mol. The van der Waals surface area contributed by atoms with Crippen molar-refractivity contribution in [2.24, 2.45) is 34.5 Å². The quantitative estimate of drug-likeness (QED) is 0.562.